The quantitative estimate of drug-likeness (QED) is 0.580. The van der Waals surface area contributed by atoms with E-state index in [4.69, 9.17) is 0 Å². The monoisotopic (exact) mass is 385 g/mol. The number of carboxylic acid groups (broad SMARTS) is 1. The van der Waals surface area contributed by atoms with Crippen molar-refractivity contribution in [1.82, 2.24) is 5.32 Å². The number of carbonyl (C=O) groups excluding carboxylic acids is 2. The molecular weight excluding hydrogens is 342 g/mol. The zero-order valence-corrected chi connectivity index (χ0v) is 19.7. The summed E-state index contributed by atoms with van der Waals surface area (Å²) in [7, 11) is 0. The largest absolute Gasteiger partial charge is 0.481 e. The summed E-state index contributed by atoms with van der Waals surface area (Å²) in [5, 5.41) is 12.3. The first-order valence-electron chi connectivity index (χ1n) is 9.94. The number of amides is 1. The fraction of sp³-hybridized carbons (Fsp3) is 0.864. The summed E-state index contributed by atoms with van der Waals surface area (Å²) in [5.74, 6) is -1.01. The van der Waals surface area contributed by atoms with E-state index >= 15 is 0 Å². The Balaban J connectivity index is 0. The van der Waals surface area contributed by atoms with Gasteiger partial charge >= 0.3 is 5.97 Å². The maximum absolute atomic E-state index is 12.8. The van der Waals surface area contributed by atoms with Crippen molar-refractivity contribution >= 4 is 17.7 Å². The van der Waals surface area contributed by atoms with Crippen molar-refractivity contribution in [2.24, 2.45) is 22.2 Å². The van der Waals surface area contributed by atoms with Gasteiger partial charge < -0.3 is 10.4 Å². The first-order chi connectivity index (χ1) is 11.8. The molecule has 5 nitrogen and oxygen atoms in total. The summed E-state index contributed by atoms with van der Waals surface area (Å²) in [6, 6.07) is 0. The normalized spacial score (nSPS) is 12.9. The second-order valence-electron chi connectivity index (χ2n) is 10.2. The molecule has 1 amide bonds. The van der Waals surface area contributed by atoms with Crippen molar-refractivity contribution < 1.29 is 19.5 Å². The van der Waals surface area contributed by atoms with Crippen LogP contribution in [0.1, 0.15) is 95.9 Å². The lowest BCUT2D eigenvalue weighted by Gasteiger charge is -2.39. The van der Waals surface area contributed by atoms with Gasteiger partial charge in [0.25, 0.3) is 0 Å². The van der Waals surface area contributed by atoms with Crippen LogP contribution < -0.4 is 5.32 Å². The van der Waals surface area contributed by atoms with Crippen LogP contribution in [0.3, 0.4) is 0 Å². The van der Waals surface area contributed by atoms with Gasteiger partial charge in [-0.25, -0.2) is 0 Å². The molecule has 27 heavy (non-hydrogen) atoms. The van der Waals surface area contributed by atoms with Crippen LogP contribution in [0, 0.1) is 22.2 Å². The molecule has 0 aromatic heterocycles. The summed E-state index contributed by atoms with van der Waals surface area (Å²) in [5.41, 5.74) is -2.94. The Morgan fingerprint density at radius 2 is 1.19 bits per heavy atom. The Kier molecular flexibility index (Phi) is 9.99. The molecule has 0 aromatic carbocycles. The molecule has 0 saturated heterocycles. The molecule has 0 heterocycles. The first-order valence-corrected chi connectivity index (χ1v) is 9.94. The van der Waals surface area contributed by atoms with Gasteiger partial charge in [0.2, 0.25) is 5.91 Å². The van der Waals surface area contributed by atoms with E-state index in [0.29, 0.717) is 6.42 Å². The maximum Gasteiger partial charge on any atom is 0.309 e. The van der Waals surface area contributed by atoms with Crippen molar-refractivity contribution in [1.29, 1.82) is 0 Å². The second-order valence-corrected chi connectivity index (χ2v) is 10.2. The van der Waals surface area contributed by atoms with Gasteiger partial charge in [-0.3, -0.25) is 14.4 Å². The molecule has 0 fully saturated rings. The predicted octanol–water partition coefficient (Wildman–Crippen LogP) is 5.08. The first kappa shape index (κ1) is 27.8. The standard InChI is InChI=1S/C20H37NO4.C2H6/c1-13(2)14(22)17(3,4)12-20(9,10)21-15(23)18(5,6)11-19(7,8)16(24)25;1-2/h13H,11-12H2,1-10H3,(H,21,23)(H,24,25);1-2H3. The van der Waals surface area contributed by atoms with Crippen LogP contribution in [0.5, 0.6) is 0 Å². The van der Waals surface area contributed by atoms with Crippen molar-refractivity contribution in [2.45, 2.75) is 101 Å². The lowest BCUT2D eigenvalue weighted by atomic mass is 9.72. The van der Waals surface area contributed by atoms with Crippen LogP contribution in [-0.4, -0.2) is 28.3 Å². The Labute approximate surface area is 166 Å². The molecule has 0 aliphatic rings. The van der Waals surface area contributed by atoms with Crippen LogP contribution in [0.4, 0.5) is 0 Å². The van der Waals surface area contributed by atoms with Gasteiger partial charge in [-0.15, -0.1) is 0 Å². The highest BCUT2D eigenvalue weighted by Crippen LogP contribution is 2.36. The van der Waals surface area contributed by atoms with E-state index in [1.165, 1.54) is 0 Å². The molecule has 0 aliphatic heterocycles. The number of ketones is 1. The Hall–Kier alpha value is -1.39. The topological polar surface area (TPSA) is 83.5 Å². The fourth-order valence-electron chi connectivity index (χ4n) is 3.75. The molecule has 0 atom stereocenters. The van der Waals surface area contributed by atoms with E-state index in [0.717, 1.165) is 0 Å². The minimum atomic E-state index is -0.988. The summed E-state index contributed by atoms with van der Waals surface area (Å²) in [6.45, 7) is 22.1. The molecule has 0 rings (SSSR count). The number of aliphatic carboxylic acids is 1. The lowest BCUT2D eigenvalue weighted by molar-refractivity contribution is -0.150. The van der Waals surface area contributed by atoms with E-state index in [1.807, 2.05) is 55.4 Å². The number of carbonyl (C=O) groups is 3. The highest BCUT2D eigenvalue weighted by molar-refractivity contribution is 5.86. The lowest BCUT2D eigenvalue weighted by Crippen LogP contribution is -2.52. The third kappa shape index (κ3) is 8.89. The molecule has 0 aromatic rings. The molecule has 160 valence electrons. The summed E-state index contributed by atoms with van der Waals surface area (Å²) >= 11 is 0. The summed E-state index contributed by atoms with van der Waals surface area (Å²) in [6.07, 6.45) is 0.743. The fourth-order valence-corrected chi connectivity index (χ4v) is 3.75. The Bertz CT molecular complexity index is 528. The second kappa shape index (κ2) is 9.70. The smallest absolute Gasteiger partial charge is 0.309 e. The van der Waals surface area contributed by atoms with Crippen LogP contribution in [-0.2, 0) is 14.4 Å². The van der Waals surface area contributed by atoms with Gasteiger partial charge in [0, 0.05) is 22.3 Å². The van der Waals surface area contributed by atoms with Crippen molar-refractivity contribution in [2.75, 3.05) is 0 Å². The molecule has 2 N–H and O–H groups in total. The summed E-state index contributed by atoms with van der Waals surface area (Å²) in [4.78, 5) is 36.6. The molecule has 0 aliphatic carbocycles. The van der Waals surface area contributed by atoms with Gasteiger partial charge in [0.15, 0.2) is 0 Å². The number of rotatable bonds is 9. The molecule has 0 bridgehead atoms. The zero-order valence-electron chi connectivity index (χ0n) is 19.7. The number of hydrogen-bond acceptors (Lipinski definition) is 3. The van der Waals surface area contributed by atoms with Gasteiger partial charge in [-0.1, -0.05) is 55.4 Å². The van der Waals surface area contributed by atoms with Crippen LogP contribution in [0.25, 0.3) is 0 Å². The number of hydrogen-bond donors (Lipinski definition) is 2. The van der Waals surface area contributed by atoms with E-state index in [9.17, 15) is 19.5 Å². The molecular formula is C22H43NO4. The van der Waals surface area contributed by atoms with E-state index in [1.54, 1.807) is 27.7 Å². The van der Waals surface area contributed by atoms with E-state index < -0.39 is 27.8 Å². The van der Waals surface area contributed by atoms with E-state index in [-0.39, 0.29) is 24.0 Å². The van der Waals surface area contributed by atoms with E-state index in [2.05, 4.69) is 5.32 Å². The third-order valence-electron chi connectivity index (χ3n) is 4.60. The Morgan fingerprint density at radius 1 is 0.778 bits per heavy atom. The van der Waals surface area contributed by atoms with Gasteiger partial charge in [-0.05, 0) is 40.5 Å². The predicted molar refractivity (Wildman–Crippen MR) is 112 cm³/mol. The minimum Gasteiger partial charge on any atom is -0.481 e. The van der Waals surface area contributed by atoms with Crippen LogP contribution in [0.2, 0.25) is 0 Å². The SMILES string of the molecule is CC.CC(C)C(=O)C(C)(C)CC(C)(C)NC(=O)C(C)(C)CC(C)(C)C(=O)O. The van der Waals surface area contributed by atoms with Gasteiger partial charge in [0.05, 0.1) is 5.41 Å². The average molecular weight is 386 g/mol. The average Bonchev–Trinajstić information content (AvgIpc) is 2.45. The number of nitrogens with one attached hydrogen (secondary N) is 1. The van der Waals surface area contributed by atoms with Crippen molar-refractivity contribution in [3.05, 3.63) is 0 Å². The third-order valence-corrected chi connectivity index (χ3v) is 4.60. The number of Topliss-reactive ketones (excluding diaryl/α,β-unsaturated/α-hetero) is 1. The van der Waals surface area contributed by atoms with Crippen molar-refractivity contribution in [3.63, 3.8) is 0 Å². The number of carboxylic acids is 1. The maximum atomic E-state index is 12.8. The van der Waals surface area contributed by atoms with Crippen LogP contribution in [0.15, 0.2) is 0 Å². The van der Waals surface area contributed by atoms with Gasteiger partial charge in [-0.2, -0.15) is 0 Å². The van der Waals surface area contributed by atoms with Gasteiger partial charge in [0.1, 0.15) is 5.78 Å². The molecule has 0 unspecified atom stereocenters. The molecule has 5 heteroatoms. The highest BCUT2D eigenvalue weighted by Gasteiger charge is 2.42. The minimum absolute atomic E-state index is 0.0608. The molecule has 0 radical (unpaired) electrons. The highest BCUT2D eigenvalue weighted by atomic mass is 16.4. The van der Waals surface area contributed by atoms with Crippen LogP contribution >= 0.6 is 0 Å². The summed E-state index contributed by atoms with van der Waals surface area (Å²) < 4.78 is 0. The Morgan fingerprint density at radius 3 is 1.52 bits per heavy atom. The molecule has 0 spiro atoms. The zero-order chi connectivity index (χ0) is 22.4. The molecule has 0 saturated carbocycles. The van der Waals surface area contributed by atoms with Crippen molar-refractivity contribution in [3.8, 4) is 0 Å².